The average Bonchev–Trinajstić information content (AvgIpc) is 2.41. The molecule has 0 aromatic heterocycles. The van der Waals surface area contributed by atoms with Crippen LogP contribution < -0.4 is 4.74 Å². The number of halogens is 2. The van der Waals surface area contributed by atoms with Crippen LogP contribution in [0.2, 0.25) is 0 Å². The summed E-state index contributed by atoms with van der Waals surface area (Å²) in [5, 5.41) is 8.75. The molecule has 0 spiro atoms. The average molecular weight is 376 g/mol. The van der Waals surface area contributed by atoms with Gasteiger partial charge in [-0.05, 0) is 54.9 Å². The lowest BCUT2D eigenvalue weighted by Crippen LogP contribution is -2.45. The van der Waals surface area contributed by atoms with Gasteiger partial charge in [-0.25, -0.2) is 4.39 Å². The molecule has 1 atom stereocenters. The van der Waals surface area contributed by atoms with Crippen molar-refractivity contribution in [2.24, 2.45) is 0 Å². The first-order valence-corrected chi connectivity index (χ1v) is 7.65. The van der Waals surface area contributed by atoms with Crippen LogP contribution in [-0.2, 0) is 9.59 Å². The van der Waals surface area contributed by atoms with Crippen molar-refractivity contribution < 1.29 is 23.8 Å². The van der Waals surface area contributed by atoms with E-state index >= 15 is 0 Å². The van der Waals surface area contributed by atoms with Gasteiger partial charge in [0.25, 0.3) is 5.91 Å². The van der Waals surface area contributed by atoms with E-state index in [0.717, 1.165) is 0 Å². The highest BCUT2D eigenvalue weighted by Gasteiger charge is 2.25. The van der Waals surface area contributed by atoms with Crippen molar-refractivity contribution in [1.29, 1.82) is 0 Å². The standard InChI is InChI=1S/C15H19BrFNO4/c1-9(2)18(7-6-14(19)20)15(21)10(3)22-13-5-4-11(17)8-12(13)16/h4-5,8-10H,6-7H2,1-3H3,(H,19,20). The summed E-state index contributed by atoms with van der Waals surface area (Å²) in [6.07, 6.45) is -0.936. The first-order chi connectivity index (χ1) is 10.2. The Balaban J connectivity index is 2.78. The predicted molar refractivity (Wildman–Crippen MR) is 83.3 cm³/mol. The number of carboxylic acids is 1. The molecule has 1 unspecified atom stereocenters. The smallest absolute Gasteiger partial charge is 0.305 e. The highest BCUT2D eigenvalue weighted by Crippen LogP contribution is 2.26. The molecule has 0 saturated heterocycles. The third-order valence-electron chi connectivity index (χ3n) is 3.02. The molecule has 7 heteroatoms. The number of carbonyl (C=O) groups excluding carboxylic acids is 1. The number of hydrogen-bond donors (Lipinski definition) is 1. The minimum atomic E-state index is -0.965. The summed E-state index contributed by atoms with van der Waals surface area (Å²) in [5.41, 5.74) is 0. The van der Waals surface area contributed by atoms with E-state index in [1.807, 2.05) is 0 Å². The van der Waals surface area contributed by atoms with E-state index in [9.17, 15) is 14.0 Å². The van der Waals surface area contributed by atoms with E-state index in [0.29, 0.717) is 10.2 Å². The second-order valence-corrected chi connectivity index (χ2v) is 5.96. The van der Waals surface area contributed by atoms with Crippen LogP contribution in [0.1, 0.15) is 27.2 Å². The Hall–Kier alpha value is -1.63. The first kappa shape index (κ1) is 18.4. The maximum atomic E-state index is 13.0. The highest BCUT2D eigenvalue weighted by atomic mass is 79.9. The first-order valence-electron chi connectivity index (χ1n) is 6.86. The van der Waals surface area contributed by atoms with E-state index in [2.05, 4.69) is 15.9 Å². The maximum Gasteiger partial charge on any atom is 0.305 e. The number of aliphatic carboxylic acids is 1. The Kier molecular flexibility index (Phi) is 6.80. The summed E-state index contributed by atoms with van der Waals surface area (Å²) >= 11 is 3.17. The zero-order chi connectivity index (χ0) is 16.9. The number of rotatable bonds is 7. The number of benzene rings is 1. The fraction of sp³-hybridized carbons (Fsp3) is 0.467. The molecule has 122 valence electrons. The molecule has 1 amide bonds. The molecular weight excluding hydrogens is 357 g/mol. The Morgan fingerprint density at radius 3 is 2.50 bits per heavy atom. The van der Waals surface area contributed by atoms with Gasteiger partial charge >= 0.3 is 5.97 Å². The van der Waals surface area contributed by atoms with Crippen LogP contribution in [0, 0.1) is 5.82 Å². The van der Waals surface area contributed by atoms with Crippen LogP contribution in [0.15, 0.2) is 22.7 Å². The van der Waals surface area contributed by atoms with Gasteiger partial charge in [-0.3, -0.25) is 9.59 Å². The number of carboxylic acid groups (broad SMARTS) is 1. The fourth-order valence-electron chi connectivity index (χ4n) is 1.88. The van der Waals surface area contributed by atoms with Crippen molar-refractivity contribution in [1.82, 2.24) is 4.90 Å². The molecule has 0 heterocycles. The summed E-state index contributed by atoms with van der Waals surface area (Å²) in [6.45, 7) is 5.30. The number of amides is 1. The third kappa shape index (κ3) is 5.29. The van der Waals surface area contributed by atoms with Gasteiger partial charge in [-0.1, -0.05) is 0 Å². The lowest BCUT2D eigenvalue weighted by Gasteiger charge is -2.29. The van der Waals surface area contributed by atoms with Crippen molar-refractivity contribution in [3.05, 3.63) is 28.5 Å². The summed E-state index contributed by atoms with van der Waals surface area (Å²) in [5.74, 6) is -1.34. The van der Waals surface area contributed by atoms with Gasteiger partial charge in [0, 0.05) is 12.6 Å². The normalized spacial score (nSPS) is 12.1. The predicted octanol–water partition coefficient (Wildman–Crippen LogP) is 3.07. The quantitative estimate of drug-likeness (QED) is 0.794. The summed E-state index contributed by atoms with van der Waals surface area (Å²) in [7, 11) is 0. The summed E-state index contributed by atoms with van der Waals surface area (Å²) in [6, 6.07) is 3.77. The van der Waals surface area contributed by atoms with Crippen LogP contribution in [-0.4, -0.2) is 40.6 Å². The Morgan fingerprint density at radius 1 is 1.36 bits per heavy atom. The van der Waals surface area contributed by atoms with Crippen LogP contribution in [0.25, 0.3) is 0 Å². The van der Waals surface area contributed by atoms with E-state index in [-0.39, 0.29) is 24.9 Å². The van der Waals surface area contributed by atoms with Gasteiger partial charge in [-0.15, -0.1) is 0 Å². The van der Waals surface area contributed by atoms with Gasteiger partial charge in [0.15, 0.2) is 6.10 Å². The zero-order valence-electron chi connectivity index (χ0n) is 12.7. The van der Waals surface area contributed by atoms with E-state index in [1.165, 1.54) is 23.1 Å². The Bertz CT molecular complexity index is 550. The number of ether oxygens (including phenoxy) is 1. The monoisotopic (exact) mass is 375 g/mol. The molecule has 1 rings (SSSR count). The molecule has 0 saturated carbocycles. The minimum Gasteiger partial charge on any atom is -0.481 e. The van der Waals surface area contributed by atoms with Crippen LogP contribution in [0.3, 0.4) is 0 Å². The van der Waals surface area contributed by atoms with Crippen molar-refractivity contribution in [2.75, 3.05) is 6.54 Å². The second kappa shape index (κ2) is 8.12. The molecule has 0 radical (unpaired) electrons. The van der Waals surface area contributed by atoms with Gasteiger partial charge in [0.05, 0.1) is 10.9 Å². The minimum absolute atomic E-state index is 0.115. The van der Waals surface area contributed by atoms with Crippen molar-refractivity contribution in [3.63, 3.8) is 0 Å². The lowest BCUT2D eigenvalue weighted by atomic mass is 10.2. The molecule has 0 fully saturated rings. The van der Waals surface area contributed by atoms with Gasteiger partial charge in [-0.2, -0.15) is 0 Å². The molecule has 1 N–H and O–H groups in total. The largest absolute Gasteiger partial charge is 0.481 e. The Labute approximate surface area is 137 Å². The van der Waals surface area contributed by atoms with E-state index in [4.69, 9.17) is 9.84 Å². The molecular formula is C15H19BrFNO4. The van der Waals surface area contributed by atoms with Crippen molar-refractivity contribution in [3.8, 4) is 5.75 Å². The topological polar surface area (TPSA) is 66.8 Å². The summed E-state index contributed by atoms with van der Waals surface area (Å²) < 4.78 is 19.0. The van der Waals surface area contributed by atoms with E-state index in [1.54, 1.807) is 20.8 Å². The molecule has 0 aliphatic carbocycles. The highest BCUT2D eigenvalue weighted by molar-refractivity contribution is 9.10. The number of nitrogens with zero attached hydrogens (tertiary/aromatic N) is 1. The second-order valence-electron chi connectivity index (χ2n) is 5.10. The number of carbonyl (C=O) groups is 2. The van der Waals surface area contributed by atoms with Crippen molar-refractivity contribution >= 4 is 27.8 Å². The van der Waals surface area contributed by atoms with Gasteiger partial charge < -0.3 is 14.7 Å². The van der Waals surface area contributed by atoms with E-state index < -0.39 is 17.9 Å². The lowest BCUT2D eigenvalue weighted by molar-refractivity contribution is -0.142. The molecule has 0 bridgehead atoms. The van der Waals surface area contributed by atoms with Crippen molar-refractivity contribution in [2.45, 2.75) is 39.3 Å². The molecule has 1 aromatic rings. The van der Waals surface area contributed by atoms with Crippen LogP contribution >= 0.6 is 15.9 Å². The number of hydrogen-bond acceptors (Lipinski definition) is 3. The molecule has 0 aliphatic heterocycles. The van der Waals surface area contributed by atoms with Crippen LogP contribution in [0.5, 0.6) is 5.75 Å². The Morgan fingerprint density at radius 2 is 2.00 bits per heavy atom. The molecule has 5 nitrogen and oxygen atoms in total. The van der Waals surface area contributed by atoms with Crippen LogP contribution in [0.4, 0.5) is 4.39 Å². The maximum absolute atomic E-state index is 13.0. The molecule has 0 aliphatic rings. The molecule has 1 aromatic carbocycles. The third-order valence-corrected chi connectivity index (χ3v) is 3.64. The zero-order valence-corrected chi connectivity index (χ0v) is 14.3. The molecule has 22 heavy (non-hydrogen) atoms. The fourth-order valence-corrected chi connectivity index (χ4v) is 2.33. The summed E-state index contributed by atoms with van der Waals surface area (Å²) in [4.78, 5) is 24.5. The van der Waals surface area contributed by atoms with Gasteiger partial charge in [0.2, 0.25) is 0 Å². The van der Waals surface area contributed by atoms with Gasteiger partial charge in [0.1, 0.15) is 11.6 Å². The SMILES string of the molecule is CC(Oc1ccc(F)cc1Br)C(=O)N(CCC(=O)O)C(C)C.